The van der Waals surface area contributed by atoms with Crippen molar-refractivity contribution in [1.29, 1.82) is 0 Å². The van der Waals surface area contributed by atoms with Crippen molar-refractivity contribution in [2.45, 2.75) is 58.5 Å². The Labute approximate surface area is 160 Å². The molecule has 0 unspecified atom stereocenters. The minimum atomic E-state index is 0.263. The van der Waals surface area contributed by atoms with E-state index >= 15 is 0 Å². The van der Waals surface area contributed by atoms with Crippen LogP contribution in [-0.2, 0) is 25.8 Å². The fourth-order valence-corrected chi connectivity index (χ4v) is 5.66. The highest BCUT2D eigenvalue weighted by Gasteiger charge is 2.33. The molecule has 2 aromatic rings. The number of hydrogen-bond donors (Lipinski definition) is 1. The molecule has 0 radical (unpaired) electrons. The highest BCUT2D eigenvalue weighted by Crippen LogP contribution is 2.43. The van der Waals surface area contributed by atoms with Gasteiger partial charge in [-0.1, -0.05) is 20.3 Å². The van der Waals surface area contributed by atoms with Crippen molar-refractivity contribution in [2.75, 3.05) is 13.7 Å². The molecular formula is C22H29NO2S. The van der Waals surface area contributed by atoms with Crippen LogP contribution in [0.15, 0.2) is 18.2 Å². The minimum Gasteiger partial charge on any atom is -0.504 e. The SMILES string of the molecule is COc1cc2c(cc1O)[C@@H]1Cc3sc(CCCC(C)C)cc3CN1CC2. The summed E-state index contributed by atoms with van der Waals surface area (Å²) >= 11 is 2.02. The van der Waals surface area contributed by atoms with Gasteiger partial charge in [0, 0.05) is 35.3 Å². The molecule has 3 nitrogen and oxygen atoms in total. The molecule has 1 aromatic heterocycles. The first-order valence-corrected chi connectivity index (χ1v) is 10.6. The monoisotopic (exact) mass is 371 g/mol. The van der Waals surface area contributed by atoms with Gasteiger partial charge in [0.05, 0.1) is 7.11 Å². The summed E-state index contributed by atoms with van der Waals surface area (Å²) in [4.78, 5) is 5.68. The number of nitrogens with zero attached hydrogens (tertiary/aromatic N) is 1. The third kappa shape index (κ3) is 3.37. The van der Waals surface area contributed by atoms with Crippen LogP contribution in [0.4, 0.5) is 0 Å². The van der Waals surface area contributed by atoms with E-state index in [-0.39, 0.29) is 5.75 Å². The van der Waals surface area contributed by atoms with Crippen LogP contribution in [0.25, 0.3) is 0 Å². The molecule has 0 bridgehead atoms. The molecule has 1 aromatic carbocycles. The Morgan fingerprint density at radius 1 is 1.27 bits per heavy atom. The quantitative estimate of drug-likeness (QED) is 0.794. The molecule has 2 aliphatic heterocycles. The summed E-state index contributed by atoms with van der Waals surface area (Å²) in [5, 5.41) is 10.3. The van der Waals surface area contributed by atoms with E-state index in [1.54, 1.807) is 16.9 Å². The first-order chi connectivity index (χ1) is 12.5. The van der Waals surface area contributed by atoms with E-state index < -0.39 is 0 Å². The zero-order valence-corrected chi connectivity index (χ0v) is 16.9. The van der Waals surface area contributed by atoms with Gasteiger partial charge in [-0.05, 0) is 60.1 Å². The number of phenols is 1. The number of fused-ring (bicyclic) bond motifs is 4. The van der Waals surface area contributed by atoms with Crippen molar-refractivity contribution in [2.24, 2.45) is 5.92 Å². The molecule has 4 rings (SSSR count). The number of aromatic hydroxyl groups is 1. The predicted octanol–water partition coefficient (Wildman–Crippen LogP) is 5.10. The van der Waals surface area contributed by atoms with Crippen molar-refractivity contribution in [3.8, 4) is 11.5 Å². The molecule has 26 heavy (non-hydrogen) atoms. The minimum absolute atomic E-state index is 0.263. The topological polar surface area (TPSA) is 32.7 Å². The van der Waals surface area contributed by atoms with E-state index in [4.69, 9.17) is 4.74 Å². The molecule has 0 fully saturated rings. The van der Waals surface area contributed by atoms with Crippen molar-refractivity contribution in [1.82, 2.24) is 4.90 Å². The van der Waals surface area contributed by atoms with Crippen molar-refractivity contribution < 1.29 is 9.84 Å². The Bertz CT molecular complexity index is 796. The number of hydrogen-bond acceptors (Lipinski definition) is 4. The second-order valence-electron chi connectivity index (χ2n) is 8.11. The van der Waals surface area contributed by atoms with Crippen LogP contribution in [0.1, 0.15) is 59.2 Å². The summed E-state index contributed by atoms with van der Waals surface area (Å²) in [5.74, 6) is 1.65. The maximum Gasteiger partial charge on any atom is 0.160 e. The van der Waals surface area contributed by atoms with Crippen LogP contribution in [-0.4, -0.2) is 23.7 Å². The van der Waals surface area contributed by atoms with Crippen molar-refractivity contribution in [3.05, 3.63) is 44.6 Å². The second-order valence-corrected chi connectivity index (χ2v) is 9.33. The first-order valence-electron chi connectivity index (χ1n) is 9.79. The lowest BCUT2D eigenvalue weighted by Crippen LogP contribution is -2.38. The summed E-state index contributed by atoms with van der Waals surface area (Å²) in [5.41, 5.74) is 4.15. The van der Waals surface area contributed by atoms with Gasteiger partial charge >= 0.3 is 0 Å². The van der Waals surface area contributed by atoms with Crippen LogP contribution in [0.3, 0.4) is 0 Å². The average molecular weight is 372 g/mol. The maximum absolute atomic E-state index is 10.3. The lowest BCUT2D eigenvalue weighted by Gasteiger charge is -2.40. The van der Waals surface area contributed by atoms with Gasteiger partial charge in [0.1, 0.15) is 0 Å². The number of benzene rings is 1. The molecule has 2 aliphatic rings. The van der Waals surface area contributed by atoms with Gasteiger partial charge in [0.25, 0.3) is 0 Å². The molecule has 1 N–H and O–H groups in total. The highest BCUT2D eigenvalue weighted by atomic mass is 32.1. The molecular weight excluding hydrogens is 342 g/mol. The average Bonchev–Trinajstić information content (AvgIpc) is 3.00. The van der Waals surface area contributed by atoms with Crippen molar-refractivity contribution in [3.63, 3.8) is 0 Å². The molecule has 4 heteroatoms. The van der Waals surface area contributed by atoms with Crippen LogP contribution in [0, 0.1) is 5.92 Å². The summed E-state index contributed by atoms with van der Waals surface area (Å²) < 4.78 is 5.30. The Morgan fingerprint density at radius 2 is 2.12 bits per heavy atom. The lowest BCUT2D eigenvalue weighted by molar-refractivity contribution is 0.162. The second kappa shape index (κ2) is 7.24. The smallest absolute Gasteiger partial charge is 0.160 e. The largest absolute Gasteiger partial charge is 0.504 e. The summed E-state index contributed by atoms with van der Waals surface area (Å²) in [6.45, 7) is 6.75. The van der Waals surface area contributed by atoms with Gasteiger partial charge in [0.2, 0.25) is 0 Å². The normalized spacial score (nSPS) is 19.2. The van der Waals surface area contributed by atoms with Gasteiger partial charge in [-0.15, -0.1) is 11.3 Å². The number of thiophene rings is 1. The highest BCUT2D eigenvalue weighted by molar-refractivity contribution is 7.12. The first kappa shape index (κ1) is 17.9. The zero-order chi connectivity index (χ0) is 18.3. The standard InChI is InChI=1S/C22H29NO2S/c1-14(2)5-4-6-17-9-16-13-23-8-7-15-10-21(25-3)20(24)11-18(15)19(23)12-22(16)26-17/h9-11,14,19,24H,4-8,12-13H2,1-3H3/t19-/m0/s1. The summed E-state index contributed by atoms with van der Waals surface area (Å²) in [7, 11) is 1.62. The molecule has 0 saturated carbocycles. The van der Waals surface area contributed by atoms with Gasteiger partial charge in [0.15, 0.2) is 11.5 Å². The van der Waals surface area contributed by atoms with Crippen LogP contribution in [0.5, 0.6) is 11.5 Å². The number of methoxy groups -OCH3 is 1. The fourth-order valence-electron chi connectivity index (χ4n) is 4.40. The third-order valence-corrected chi connectivity index (χ3v) is 7.07. The van der Waals surface area contributed by atoms with E-state index in [2.05, 4.69) is 24.8 Å². The zero-order valence-electron chi connectivity index (χ0n) is 16.0. The van der Waals surface area contributed by atoms with E-state index in [1.165, 1.54) is 36.0 Å². The van der Waals surface area contributed by atoms with Crippen LogP contribution < -0.4 is 4.74 Å². The molecule has 0 saturated heterocycles. The molecule has 3 heterocycles. The number of aryl methyl sites for hydroxylation is 1. The van der Waals surface area contributed by atoms with E-state index in [0.29, 0.717) is 11.8 Å². The lowest BCUT2D eigenvalue weighted by atomic mass is 9.86. The third-order valence-electron chi connectivity index (χ3n) is 5.81. The molecule has 0 aliphatic carbocycles. The number of phenolic OH excluding ortho intramolecular Hbond substituents is 1. The van der Waals surface area contributed by atoms with Crippen LogP contribution >= 0.6 is 11.3 Å². The predicted molar refractivity (Wildman–Crippen MR) is 107 cm³/mol. The van der Waals surface area contributed by atoms with Crippen LogP contribution in [0.2, 0.25) is 0 Å². The Balaban J connectivity index is 1.56. The summed E-state index contributed by atoms with van der Waals surface area (Å²) in [6.07, 6.45) is 5.92. The molecule has 1 atom stereocenters. The molecule has 140 valence electrons. The Hall–Kier alpha value is -1.52. The van der Waals surface area contributed by atoms with E-state index in [1.807, 2.05) is 23.5 Å². The molecule has 0 spiro atoms. The Kier molecular flexibility index (Phi) is 4.98. The van der Waals surface area contributed by atoms with Crippen molar-refractivity contribution >= 4 is 11.3 Å². The number of ether oxygens (including phenoxy) is 1. The van der Waals surface area contributed by atoms with Gasteiger partial charge < -0.3 is 9.84 Å². The summed E-state index contributed by atoms with van der Waals surface area (Å²) in [6, 6.07) is 6.82. The fraction of sp³-hybridized carbons (Fsp3) is 0.545. The van der Waals surface area contributed by atoms with Gasteiger partial charge in [-0.25, -0.2) is 0 Å². The van der Waals surface area contributed by atoms with E-state index in [9.17, 15) is 5.11 Å². The van der Waals surface area contributed by atoms with E-state index in [0.717, 1.165) is 31.8 Å². The number of rotatable bonds is 5. The van der Waals surface area contributed by atoms with Gasteiger partial charge in [-0.3, -0.25) is 4.90 Å². The Morgan fingerprint density at radius 3 is 2.88 bits per heavy atom. The maximum atomic E-state index is 10.3. The molecule has 0 amide bonds. The van der Waals surface area contributed by atoms with Gasteiger partial charge in [-0.2, -0.15) is 0 Å².